The fourth-order valence-corrected chi connectivity index (χ4v) is 1.22. The van der Waals surface area contributed by atoms with Gasteiger partial charge in [0.15, 0.2) is 0 Å². The van der Waals surface area contributed by atoms with E-state index in [0.717, 1.165) is 6.42 Å². The molecule has 0 spiro atoms. The van der Waals surface area contributed by atoms with E-state index in [1.165, 1.54) is 7.05 Å². The van der Waals surface area contributed by atoms with Crippen LogP contribution in [0, 0.1) is 5.92 Å². The van der Waals surface area contributed by atoms with Crippen LogP contribution >= 0.6 is 0 Å². The molecule has 4 nitrogen and oxygen atoms in total. The van der Waals surface area contributed by atoms with E-state index in [-0.39, 0.29) is 6.10 Å². The zero-order valence-electron chi connectivity index (χ0n) is 9.25. The highest BCUT2D eigenvalue weighted by molar-refractivity contribution is 5.66. The summed E-state index contributed by atoms with van der Waals surface area (Å²) in [6, 6.07) is 0. The summed E-state index contributed by atoms with van der Waals surface area (Å²) < 4.78 is 4.79. The Morgan fingerprint density at radius 2 is 2.14 bits per heavy atom. The van der Waals surface area contributed by atoms with Crippen molar-refractivity contribution < 1.29 is 14.6 Å². The fourth-order valence-electron chi connectivity index (χ4n) is 1.22. The second-order valence-corrected chi connectivity index (χ2v) is 3.81. The molecule has 0 aromatic carbocycles. The van der Waals surface area contributed by atoms with Crippen LogP contribution in [-0.2, 0) is 4.74 Å². The minimum absolute atomic E-state index is 0.275. The van der Waals surface area contributed by atoms with Gasteiger partial charge in [0.05, 0.1) is 12.7 Å². The number of nitrogens with one attached hydrogen (secondary N) is 1. The first-order chi connectivity index (χ1) is 6.56. The zero-order valence-corrected chi connectivity index (χ0v) is 9.25. The lowest BCUT2D eigenvalue weighted by Crippen LogP contribution is -2.20. The molecule has 2 N–H and O–H groups in total. The molecular weight excluding hydrogens is 182 g/mol. The van der Waals surface area contributed by atoms with Crippen LogP contribution in [0.1, 0.15) is 33.1 Å². The molecule has 0 rings (SSSR count). The smallest absolute Gasteiger partial charge is 0.406 e. The normalized spacial score (nSPS) is 12.6. The van der Waals surface area contributed by atoms with Crippen molar-refractivity contribution in [1.29, 1.82) is 0 Å². The van der Waals surface area contributed by atoms with E-state index in [0.29, 0.717) is 25.4 Å². The van der Waals surface area contributed by atoms with Gasteiger partial charge >= 0.3 is 6.09 Å². The number of aliphatic hydroxyl groups is 1. The molecule has 0 heterocycles. The summed E-state index contributed by atoms with van der Waals surface area (Å²) in [6.07, 6.45) is 1.52. The SMILES string of the molecule is CNC(=O)OCCCC(O)CC(C)C. The number of hydrogen-bond acceptors (Lipinski definition) is 3. The molecule has 0 aliphatic rings. The van der Waals surface area contributed by atoms with Crippen molar-refractivity contribution in [2.45, 2.75) is 39.2 Å². The third-order valence-corrected chi connectivity index (χ3v) is 1.86. The average molecular weight is 203 g/mol. The lowest BCUT2D eigenvalue weighted by molar-refractivity contribution is 0.114. The second-order valence-electron chi connectivity index (χ2n) is 3.81. The summed E-state index contributed by atoms with van der Waals surface area (Å²) in [5.41, 5.74) is 0. The molecule has 0 radical (unpaired) electrons. The molecule has 0 saturated carbocycles. The maximum atomic E-state index is 10.6. The van der Waals surface area contributed by atoms with Crippen LogP contribution in [0.15, 0.2) is 0 Å². The quantitative estimate of drug-likeness (QED) is 0.644. The minimum atomic E-state index is -0.414. The third-order valence-electron chi connectivity index (χ3n) is 1.86. The molecule has 14 heavy (non-hydrogen) atoms. The largest absolute Gasteiger partial charge is 0.450 e. The van der Waals surface area contributed by atoms with Crippen LogP contribution in [0.3, 0.4) is 0 Å². The van der Waals surface area contributed by atoms with E-state index in [1.54, 1.807) is 0 Å². The van der Waals surface area contributed by atoms with Crippen LogP contribution in [0.25, 0.3) is 0 Å². The number of hydrogen-bond donors (Lipinski definition) is 2. The van der Waals surface area contributed by atoms with Crippen LogP contribution in [0.5, 0.6) is 0 Å². The van der Waals surface area contributed by atoms with Gasteiger partial charge < -0.3 is 15.2 Å². The Morgan fingerprint density at radius 3 is 2.64 bits per heavy atom. The van der Waals surface area contributed by atoms with Gasteiger partial charge in [0.25, 0.3) is 0 Å². The summed E-state index contributed by atoms with van der Waals surface area (Å²) in [5.74, 6) is 0.504. The van der Waals surface area contributed by atoms with Crippen molar-refractivity contribution in [3.05, 3.63) is 0 Å². The van der Waals surface area contributed by atoms with E-state index in [9.17, 15) is 9.90 Å². The maximum Gasteiger partial charge on any atom is 0.406 e. The molecule has 4 heteroatoms. The Bertz CT molecular complexity index is 159. The Balaban J connectivity index is 3.31. The molecule has 0 aromatic rings. The molecule has 1 unspecified atom stereocenters. The van der Waals surface area contributed by atoms with E-state index < -0.39 is 6.09 Å². The maximum absolute atomic E-state index is 10.6. The van der Waals surface area contributed by atoms with Gasteiger partial charge in [0.1, 0.15) is 0 Å². The molecule has 0 saturated heterocycles. The average Bonchev–Trinajstić information content (AvgIpc) is 2.10. The van der Waals surface area contributed by atoms with Crippen molar-refractivity contribution in [1.82, 2.24) is 5.32 Å². The number of carbonyl (C=O) groups is 1. The van der Waals surface area contributed by atoms with Gasteiger partial charge in [-0.25, -0.2) is 4.79 Å². The van der Waals surface area contributed by atoms with Gasteiger partial charge in [-0.2, -0.15) is 0 Å². The van der Waals surface area contributed by atoms with Gasteiger partial charge in [0, 0.05) is 7.05 Å². The van der Waals surface area contributed by atoms with Crippen LogP contribution < -0.4 is 5.32 Å². The van der Waals surface area contributed by atoms with Gasteiger partial charge in [-0.15, -0.1) is 0 Å². The van der Waals surface area contributed by atoms with Gasteiger partial charge in [-0.05, 0) is 25.2 Å². The van der Waals surface area contributed by atoms with Gasteiger partial charge in [0.2, 0.25) is 0 Å². The summed E-state index contributed by atoms with van der Waals surface area (Å²) in [7, 11) is 1.52. The number of rotatable bonds is 6. The van der Waals surface area contributed by atoms with Gasteiger partial charge in [-0.1, -0.05) is 13.8 Å². The number of carbonyl (C=O) groups excluding carboxylic acids is 1. The van der Waals surface area contributed by atoms with Crippen molar-refractivity contribution >= 4 is 6.09 Å². The Hall–Kier alpha value is -0.770. The lowest BCUT2D eigenvalue weighted by Gasteiger charge is -2.12. The summed E-state index contributed by atoms with van der Waals surface area (Å²) >= 11 is 0. The Morgan fingerprint density at radius 1 is 1.50 bits per heavy atom. The van der Waals surface area contributed by atoms with E-state index in [1.807, 2.05) is 0 Å². The summed E-state index contributed by atoms with van der Waals surface area (Å²) in [5, 5.41) is 11.8. The molecule has 0 aliphatic carbocycles. The molecule has 0 aliphatic heterocycles. The second kappa shape index (κ2) is 7.62. The predicted octanol–water partition coefficient (Wildman–Crippen LogP) is 1.53. The molecule has 84 valence electrons. The van der Waals surface area contributed by atoms with Crippen LogP contribution in [0.4, 0.5) is 4.79 Å². The monoisotopic (exact) mass is 203 g/mol. The summed E-state index contributed by atoms with van der Waals surface area (Å²) in [6.45, 7) is 4.52. The highest BCUT2D eigenvalue weighted by Gasteiger charge is 2.06. The topological polar surface area (TPSA) is 58.6 Å². The standard InChI is InChI=1S/C10H21NO3/c1-8(2)7-9(12)5-4-6-14-10(13)11-3/h8-9,12H,4-7H2,1-3H3,(H,11,13). The van der Waals surface area contributed by atoms with E-state index in [4.69, 9.17) is 4.74 Å². The van der Waals surface area contributed by atoms with Crippen molar-refractivity contribution in [2.24, 2.45) is 5.92 Å². The number of amides is 1. The first-order valence-corrected chi connectivity index (χ1v) is 5.08. The molecule has 0 bridgehead atoms. The van der Waals surface area contributed by atoms with E-state index in [2.05, 4.69) is 19.2 Å². The highest BCUT2D eigenvalue weighted by Crippen LogP contribution is 2.09. The minimum Gasteiger partial charge on any atom is -0.450 e. The van der Waals surface area contributed by atoms with Crippen molar-refractivity contribution in [2.75, 3.05) is 13.7 Å². The molecular formula is C10H21NO3. The number of ether oxygens (including phenoxy) is 1. The number of alkyl carbamates (subject to hydrolysis) is 1. The van der Waals surface area contributed by atoms with Gasteiger partial charge in [-0.3, -0.25) is 0 Å². The molecule has 0 aromatic heterocycles. The highest BCUT2D eigenvalue weighted by atomic mass is 16.5. The first kappa shape index (κ1) is 13.2. The van der Waals surface area contributed by atoms with Crippen LogP contribution in [0.2, 0.25) is 0 Å². The molecule has 1 atom stereocenters. The number of aliphatic hydroxyl groups excluding tert-OH is 1. The molecule has 1 amide bonds. The first-order valence-electron chi connectivity index (χ1n) is 5.08. The van der Waals surface area contributed by atoms with Crippen LogP contribution in [-0.4, -0.2) is 31.0 Å². The lowest BCUT2D eigenvalue weighted by atomic mass is 10.0. The zero-order chi connectivity index (χ0) is 11.0. The third kappa shape index (κ3) is 7.86. The predicted molar refractivity (Wildman–Crippen MR) is 55.1 cm³/mol. The Labute approximate surface area is 85.6 Å². The summed E-state index contributed by atoms with van der Waals surface area (Å²) in [4.78, 5) is 10.6. The Kier molecular flexibility index (Phi) is 7.20. The van der Waals surface area contributed by atoms with Crippen molar-refractivity contribution in [3.63, 3.8) is 0 Å². The van der Waals surface area contributed by atoms with E-state index >= 15 is 0 Å². The van der Waals surface area contributed by atoms with Crippen molar-refractivity contribution in [3.8, 4) is 0 Å². The molecule has 0 fully saturated rings. The fraction of sp³-hybridized carbons (Fsp3) is 0.900.